The van der Waals surface area contributed by atoms with Crippen LogP contribution >= 0.6 is 11.6 Å². The molecule has 1 aromatic carbocycles. The van der Waals surface area contributed by atoms with Crippen LogP contribution in [0.4, 0.5) is 5.69 Å². The smallest absolute Gasteiger partial charge is 0.257 e. The normalized spacial score (nSPS) is 14.1. The molecule has 0 aliphatic carbocycles. The predicted molar refractivity (Wildman–Crippen MR) is 63.2 cm³/mol. The van der Waals surface area contributed by atoms with Gasteiger partial charge in [0.25, 0.3) is 5.91 Å². The molecule has 2 rings (SSSR count). The second-order valence-electron chi connectivity index (χ2n) is 3.90. The van der Waals surface area contributed by atoms with E-state index in [0.29, 0.717) is 16.3 Å². The summed E-state index contributed by atoms with van der Waals surface area (Å²) in [6.45, 7) is 4.20. The molecule has 0 aromatic heterocycles. The molecule has 1 amide bonds. The summed E-state index contributed by atoms with van der Waals surface area (Å²) in [6, 6.07) is 3.77. The van der Waals surface area contributed by atoms with E-state index in [4.69, 9.17) is 16.3 Å². The molecule has 1 aromatic rings. The van der Waals surface area contributed by atoms with Gasteiger partial charge in [0.2, 0.25) is 0 Å². The second kappa shape index (κ2) is 4.22. The summed E-state index contributed by atoms with van der Waals surface area (Å²) in [5.74, 6) is 0.301. The van der Waals surface area contributed by atoms with Gasteiger partial charge >= 0.3 is 0 Å². The minimum Gasteiger partial charge on any atom is -0.471 e. The minimum absolute atomic E-state index is 0.153. The van der Waals surface area contributed by atoms with E-state index in [1.165, 1.54) is 0 Å². The Bertz CT molecular complexity index is 432. The van der Waals surface area contributed by atoms with E-state index in [1.807, 2.05) is 13.8 Å². The molecule has 4 nitrogen and oxygen atoms in total. The summed E-state index contributed by atoms with van der Waals surface area (Å²) in [7, 11) is 0. The molecule has 0 radical (unpaired) electrons. The van der Waals surface area contributed by atoms with Crippen molar-refractivity contribution in [1.82, 2.24) is 5.32 Å². The SMILES string of the molecule is CC(C)Nc1ccc2c(c1Cl)OCNC2=O. The third-order valence-corrected chi connectivity index (χ3v) is 2.61. The largest absolute Gasteiger partial charge is 0.471 e. The van der Waals surface area contributed by atoms with E-state index in [2.05, 4.69) is 10.6 Å². The average molecular weight is 241 g/mol. The van der Waals surface area contributed by atoms with Crippen LogP contribution in [0.5, 0.6) is 5.75 Å². The number of ether oxygens (including phenoxy) is 1. The lowest BCUT2D eigenvalue weighted by Gasteiger charge is -2.21. The van der Waals surface area contributed by atoms with Gasteiger partial charge in [-0.2, -0.15) is 0 Å². The number of anilines is 1. The average Bonchev–Trinajstić information content (AvgIpc) is 2.23. The highest BCUT2D eigenvalue weighted by molar-refractivity contribution is 6.35. The number of amides is 1. The van der Waals surface area contributed by atoms with Gasteiger partial charge in [-0.1, -0.05) is 11.6 Å². The zero-order valence-corrected chi connectivity index (χ0v) is 9.89. The maximum absolute atomic E-state index is 11.5. The lowest BCUT2D eigenvalue weighted by Crippen LogP contribution is -2.33. The van der Waals surface area contributed by atoms with Gasteiger partial charge in [0.1, 0.15) is 5.02 Å². The number of carbonyl (C=O) groups is 1. The van der Waals surface area contributed by atoms with Crippen LogP contribution in [-0.2, 0) is 0 Å². The molecular formula is C11H13ClN2O2. The van der Waals surface area contributed by atoms with Crippen molar-refractivity contribution in [3.8, 4) is 5.75 Å². The first kappa shape index (κ1) is 11.1. The summed E-state index contributed by atoms with van der Waals surface area (Å²) in [5.41, 5.74) is 1.26. The predicted octanol–water partition coefficient (Wildman–Crippen LogP) is 2.24. The maximum atomic E-state index is 11.5. The Hall–Kier alpha value is -1.42. The van der Waals surface area contributed by atoms with Gasteiger partial charge in [0.05, 0.1) is 11.3 Å². The Morgan fingerprint density at radius 1 is 1.50 bits per heavy atom. The van der Waals surface area contributed by atoms with Crippen molar-refractivity contribution in [1.29, 1.82) is 0 Å². The minimum atomic E-state index is -0.153. The molecule has 0 fully saturated rings. The van der Waals surface area contributed by atoms with Crippen molar-refractivity contribution in [3.63, 3.8) is 0 Å². The summed E-state index contributed by atoms with van der Waals surface area (Å²) >= 11 is 6.17. The number of nitrogens with one attached hydrogen (secondary N) is 2. The lowest BCUT2D eigenvalue weighted by atomic mass is 10.1. The van der Waals surface area contributed by atoms with Gasteiger partial charge in [-0.25, -0.2) is 0 Å². The van der Waals surface area contributed by atoms with Crippen molar-refractivity contribution in [2.24, 2.45) is 0 Å². The topological polar surface area (TPSA) is 50.4 Å². The van der Waals surface area contributed by atoms with Crippen LogP contribution in [0.3, 0.4) is 0 Å². The molecule has 0 saturated heterocycles. The summed E-state index contributed by atoms with van der Waals surface area (Å²) in [6.07, 6.45) is 0. The van der Waals surface area contributed by atoms with Crippen molar-refractivity contribution in [2.75, 3.05) is 12.0 Å². The van der Waals surface area contributed by atoms with Crippen molar-refractivity contribution in [3.05, 3.63) is 22.7 Å². The second-order valence-corrected chi connectivity index (χ2v) is 4.28. The quantitative estimate of drug-likeness (QED) is 0.834. The molecule has 0 unspecified atom stereocenters. The van der Waals surface area contributed by atoms with Crippen LogP contribution < -0.4 is 15.4 Å². The number of rotatable bonds is 2. The Morgan fingerprint density at radius 3 is 2.94 bits per heavy atom. The molecule has 1 heterocycles. The van der Waals surface area contributed by atoms with Crippen molar-refractivity contribution < 1.29 is 9.53 Å². The highest BCUT2D eigenvalue weighted by Gasteiger charge is 2.22. The first-order valence-corrected chi connectivity index (χ1v) is 5.47. The maximum Gasteiger partial charge on any atom is 0.257 e. The molecule has 2 N–H and O–H groups in total. The molecule has 0 bridgehead atoms. The van der Waals surface area contributed by atoms with E-state index in [9.17, 15) is 4.79 Å². The van der Waals surface area contributed by atoms with Crippen LogP contribution in [-0.4, -0.2) is 18.7 Å². The number of halogens is 1. The molecule has 5 heteroatoms. The fourth-order valence-corrected chi connectivity index (χ4v) is 1.84. The molecular weight excluding hydrogens is 228 g/mol. The highest BCUT2D eigenvalue weighted by Crippen LogP contribution is 2.36. The Balaban J connectivity index is 2.42. The number of carbonyl (C=O) groups excluding carboxylic acids is 1. The number of fused-ring (bicyclic) bond motifs is 1. The zero-order valence-electron chi connectivity index (χ0n) is 9.13. The fraction of sp³-hybridized carbons (Fsp3) is 0.364. The van der Waals surface area contributed by atoms with Gasteiger partial charge < -0.3 is 15.4 Å². The highest BCUT2D eigenvalue weighted by atomic mass is 35.5. The third-order valence-electron chi connectivity index (χ3n) is 2.24. The van der Waals surface area contributed by atoms with Crippen molar-refractivity contribution in [2.45, 2.75) is 19.9 Å². The lowest BCUT2D eigenvalue weighted by molar-refractivity contribution is 0.0883. The Labute approximate surface area is 98.9 Å². The van der Waals surface area contributed by atoms with E-state index in [1.54, 1.807) is 12.1 Å². The summed E-state index contributed by atoms with van der Waals surface area (Å²) in [4.78, 5) is 11.5. The first-order valence-electron chi connectivity index (χ1n) is 5.09. The standard InChI is InChI=1S/C11H13ClN2O2/c1-6(2)14-8-4-3-7-10(9(8)12)16-5-13-11(7)15/h3-4,6,14H,5H2,1-2H3,(H,13,15). The Morgan fingerprint density at radius 2 is 2.25 bits per heavy atom. The summed E-state index contributed by atoms with van der Waals surface area (Å²) < 4.78 is 5.34. The van der Waals surface area contributed by atoms with E-state index >= 15 is 0 Å². The van der Waals surface area contributed by atoms with Crippen LogP contribution in [0, 0.1) is 0 Å². The van der Waals surface area contributed by atoms with Gasteiger partial charge in [0.15, 0.2) is 12.5 Å². The number of hydrogen-bond acceptors (Lipinski definition) is 3. The number of benzene rings is 1. The Kier molecular flexibility index (Phi) is 2.92. The molecule has 1 aliphatic rings. The zero-order chi connectivity index (χ0) is 11.7. The fourth-order valence-electron chi connectivity index (χ4n) is 1.57. The van der Waals surface area contributed by atoms with Gasteiger partial charge in [-0.3, -0.25) is 4.79 Å². The van der Waals surface area contributed by atoms with Gasteiger partial charge in [0, 0.05) is 6.04 Å². The molecule has 86 valence electrons. The van der Waals surface area contributed by atoms with Gasteiger partial charge in [-0.15, -0.1) is 0 Å². The third kappa shape index (κ3) is 1.93. The molecule has 0 saturated carbocycles. The monoisotopic (exact) mass is 240 g/mol. The first-order chi connectivity index (χ1) is 7.59. The van der Waals surface area contributed by atoms with E-state index in [-0.39, 0.29) is 18.7 Å². The molecule has 0 spiro atoms. The summed E-state index contributed by atoms with van der Waals surface area (Å²) in [5, 5.41) is 6.24. The van der Waals surface area contributed by atoms with Crippen LogP contribution in [0.1, 0.15) is 24.2 Å². The van der Waals surface area contributed by atoms with Crippen LogP contribution in [0.25, 0.3) is 0 Å². The van der Waals surface area contributed by atoms with Crippen LogP contribution in [0.15, 0.2) is 12.1 Å². The molecule has 1 aliphatic heterocycles. The van der Waals surface area contributed by atoms with Gasteiger partial charge in [-0.05, 0) is 26.0 Å². The molecule has 16 heavy (non-hydrogen) atoms. The van der Waals surface area contributed by atoms with Crippen LogP contribution in [0.2, 0.25) is 5.02 Å². The molecule has 0 atom stereocenters. The van der Waals surface area contributed by atoms with E-state index in [0.717, 1.165) is 5.69 Å². The van der Waals surface area contributed by atoms with Crippen molar-refractivity contribution >= 4 is 23.2 Å². The number of hydrogen-bond donors (Lipinski definition) is 2. The van der Waals surface area contributed by atoms with E-state index < -0.39 is 0 Å².